The minimum atomic E-state index is -0.601. The molecule has 0 aliphatic carbocycles. The van der Waals surface area contributed by atoms with Crippen molar-refractivity contribution in [3.8, 4) is 0 Å². The Morgan fingerprint density at radius 2 is 2.20 bits per heavy atom. The molecule has 0 aromatic heterocycles. The summed E-state index contributed by atoms with van der Waals surface area (Å²) in [4.78, 5) is 21.9. The van der Waals surface area contributed by atoms with Gasteiger partial charge >= 0.3 is 0 Å². The van der Waals surface area contributed by atoms with Gasteiger partial charge in [0.2, 0.25) is 0 Å². The van der Waals surface area contributed by atoms with Crippen molar-refractivity contribution in [3.05, 3.63) is 38.9 Å². The van der Waals surface area contributed by atoms with Gasteiger partial charge in [0.1, 0.15) is 0 Å². The van der Waals surface area contributed by atoms with Gasteiger partial charge in [-0.25, -0.2) is 0 Å². The number of nitrogens with one attached hydrogen (secondary N) is 1. The van der Waals surface area contributed by atoms with Crippen LogP contribution in [0.5, 0.6) is 0 Å². The highest BCUT2D eigenvalue weighted by molar-refractivity contribution is 6.31. The molecule has 1 atom stereocenters. The van der Waals surface area contributed by atoms with E-state index >= 15 is 0 Å². The van der Waals surface area contributed by atoms with Crippen LogP contribution in [0.25, 0.3) is 0 Å². The summed E-state index contributed by atoms with van der Waals surface area (Å²) in [6.07, 6.45) is 0.532. The lowest BCUT2D eigenvalue weighted by molar-refractivity contribution is -0.384. The second-order valence-corrected chi connectivity index (χ2v) is 5.11. The van der Waals surface area contributed by atoms with Gasteiger partial charge in [-0.2, -0.15) is 0 Å². The number of halogens is 2. The molecule has 1 unspecified atom stereocenters. The fourth-order valence-electron chi connectivity index (χ4n) is 1.52. The van der Waals surface area contributed by atoms with Crippen LogP contribution in [0, 0.1) is 10.1 Å². The van der Waals surface area contributed by atoms with Crippen molar-refractivity contribution in [2.45, 2.75) is 11.8 Å². The molecule has 110 valence electrons. The van der Waals surface area contributed by atoms with Gasteiger partial charge < -0.3 is 10.1 Å². The monoisotopic (exact) mass is 320 g/mol. The number of ether oxygens (including phenoxy) is 1. The average Bonchev–Trinajstić information content (AvgIpc) is 2.38. The number of alkyl halides is 1. The number of nitrogens with zero attached hydrogens (tertiary/aromatic N) is 1. The molecule has 20 heavy (non-hydrogen) atoms. The van der Waals surface area contributed by atoms with E-state index in [4.69, 9.17) is 27.9 Å². The quantitative estimate of drug-likeness (QED) is 0.475. The summed E-state index contributed by atoms with van der Waals surface area (Å²) >= 11 is 11.7. The Bertz CT molecular complexity index is 496. The molecule has 0 bridgehead atoms. The molecular weight excluding hydrogens is 307 g/mol. The molecule has 6 nitrogen and oxygen atoms in total. The fourth-order valence-corrected chi connectivity index (χ4v) is 1.98. The van der Waals surface area contributed by atoms with Crippen molar-refractivity contribution in [1.82, 2.24) is 5.32 Å². The van der Waals surface area contributed by atoms with Crippen LogP contribution in [0.3, 0.4) is 0 Å². The molecule has 1 aromatic rings. The highest BCUT2D eigenvalue weighted by atomic mass is 35.5. The van der Waals surface area contributed by atoms with E-state index in [2.05, 4.69) is 5.32 Å². The molecule has 0 aliphatic rings. The first-order valence-corrected chi connectivity index (χ1v) is 6.61. The molecule has 1 N–H and O–H groups in total. The number of methoxy groups -OCH3 is 1. The number of hydrogen-bond acceptors (Lipinski definition) is 4. The maximum absolute atomic E-state index is 11.8. The van der Waals surface area contributed by atoms with Crippen molar-refractivity contribution in [2.75, 3.05) is 20.3 Å². The molecule has 1 rings (SSSR count). The van der Waals surface area contributed by atoms with Crippen LogP contribution >= 0.6 is 23.2 Å². The zero-order valence-electron chi connectivity index (χ0n) is 10.8. The molecule has 0 spiro atoms. The van der Waals surface area contributed by atoms with E-state index in [1.165, 1.54) is 18.2 Å². The molecular formula is C12H14Cl2N2O4. The number of carbonyl (C=O) groups is 1. The summed E-state index contributed by atoms with van der Waals surface area (Å²) in [5.74, 6) is -0.433. The Hall–Kier alpha value is -1.37. The topological polar surface area (TPSA) is 81.5 Å². The Morgan fingerprint density at radius 1 is 1.50 bits per heavy atom. The smallest absolute Gasteiger partial charge is 0.271 e. The lowest BCUT2D eigenvalue weighted by Gasteiger charge is -2.09. The summed E-state index contributed by atoms with van der Waals surface area (Å²) < 4.78 is 4.87. The Kier molecular flexibility index (Phi) is 6.70. The van der Waals surface area contributed by atoms with Crippen LogP contribution in [0.15, 0.2) is 18.2 Å². The van der Waals surface area contributed by atoms with E-state index in [1.54, 1.807) is 7.11 Å². The van der Waals surface area contributed by atoms with E-state index in [0.29, 0.717) is 19.6 Å². The van der Waals surface area contributed by atoms with Crippen LogP contribution in [0.1, 0.15) is 16.8 Å². The number of carbonyl (C=O) groups excluding carboxylic acids is 1. The van der Waals surface area contributed by atoms with Crippen molar-refractivity contribution < 1.29 is 14.5 Å². The molecule has 1 amide bonds. The third-order valence-electron chi connectivity index (χ3n) is 2.45. The van der Waals surface area contributed by atoms with E-state index in [9.17, 15) is 14.9 Å². The van der Waals surface area contributed by atoms with Gasteiger partial charge in [-0.3, -0.25) is 14.9 Å². The first-order valence-electron chi connectivity index (χ1n) is 5.80. The standard InChI is InChI=1S/C12H14Cl2N2O4/c1-20-7-9(13)2-3-15-12(17)8-4-10(14)6-11(5-8)16(18)19/h4-6,9H,2-3,7H2,1H3,(H,15,17). The highest BCUT2D eigenvalue weighted by Gasteiger charge is 2.14. The van der Waals surface area contributed by atoms with Crippen molar-refractivity contribution in [3.63, 3.8) is 0 Å². The zero-order valence-corrected chi connectivity index (χ0v) is 12.3. The van der Waals surface area contributed by atoms with Gasteiger partial charge in [-0.05, 0) is 12.5 Å². The first kappa shape index (κ1) is 16.7. The van der Waals surface area contributed by atoms with Crippen LogP contribution in [-0.4, -0.2) is 36.5 Å². The van der Waals surface area contributed by atoms with E-state index in [0.717, 1.165) is 0 Å². The Labute approximate surface area is 126 Å². The number of benzene rings is 1. The lowest BCUT2D eigenvalue weighted by Crippen LogP contribution is -2.27. The normalized spacial score (nSPS) is 11.9. The van der Waals surface area contributed by atoms with Crippen molar-refractivity contribution in [1.29, 1.82) is 0 Å². The molecule has 0 aliphatic heterocycles. The van der Waals surface area contributed by atoms with Gasteiger partial charge in [0.25, 0.3) is 11.6 Å². The largest absolute Gasteiger partial charge is 0.383 e. The first-order chi connectivity index (χ1) is 9.43. The zero-order chi connectivity index (χ0) is 15.1. The van der Waals surface area contributed by atoms with Crippen molar-refractivity contribution >= 4 is 34.8 Å². The number of non-ortho nitro benzene ring substituents is 1. The number of nitro groups is 1. The van der Waals surface area contributed by atoms with Crippen LogP contribution in [0.2, 0.25) is 5.02 Å². The predicted octanol–water partition coefficient (Wildman–Crippen LogP) is 2.62. The Balaban J connectivity index is 2.61. The summed E-state index contributed by atoms with van der Waals surface area (Å²) in [5.41, 5.74) is -0.0840. The van der Waals surface area contributed by atoms with E-state index < -0.39 is 10.8 Å². The van der Waals surface area contributed by atoms with Crippen LogP contribution in [-0.2, 0) is 4.74 Å². The molecule has 0 saturated heterocycles. The highest BCUT2D eigenvalue weighted by Crippen LogP contribution is 2.20. The minimum absolute atomic E-state index is 0.138. The predicted molar refractivity (Wildman–Crippen MR) is 76.6 cm³/mol. The average molecular weight is 321 g/mol. The summed E-state index contributed by atoms with van der Waals surface area (Å²) in [7, 11) is 1.54. The fraction of sp³-hybridized carbons (Fsp3) is 0.417. The lowest BCUT2D eigenvalue weighted by atomic mass is 10.2. The van der Waals surface area contributed by atoms with Crippen LogP contribution in [0.4, 0.5) is 5.69 Å². The molecule has 1 aromatic carbocycles. The van der Waals surface area contributed by atoms with Crippen LogP contribution < -0.4 is 5.32 Å². The number of amides is 1. The van der Waals surface area contributed by atoms with Gasteiger partial charge in [-0.15, -0.1) is 11.6 Å². The maximum atomic E-state index is 11.8. The molecule has 8 heteroatoms. The molecule has 0 saturated carbocycles. The second kappa shape index (κ2) is 8.04. The SMILES string of the molecule is COCC(Cl)CCNC(=O)c1cc(Cl)cc([N+](=O)[O-])c1. The third kappa shape index (κ3) is 5.32. The summed E-state index contributed by atoms with van der Waals surface area (Å²) in [6, 6.07) is 3.73. The number of rotatable bonds is 7. The van der Waals surface area contributed by atoms with Gasteiger partial charge in [0.15, 0.2) is 0 Å². The number of nitro benzene ring substituents is 1. The minimum Gasteiger partial charge on any atom is -0.383 e. The third-order valence-corrected chi connectivity index (χ3v) is 3.01. The molecule has 0 fully saturated rings. The van der Waals surface area contributed by atoms with E-state index in [1.807, 2.05) is 0 Å². The van der Waals surface area contributed by atoms with Gasteiger partial charge in [-0.1, -0.05) is 11.6 Å². The van der Waals surface area contributed by atoms with E-state index in [-0.39, 0.29) is 21.7 Å². The summed E-state index contributed by atoms with van der Waals surface area (Å²) in [5, 5.41) is 13.2. The maximum Gasteiger partial charge on any atom is 0.271 e. The Morgan fingerprint density at radius 3 is 2.80 bits per heavy atom. The van der Waals surface area contributed by atoms with Crippen molar-refractivity contribution in [2.24, 2.45) is 0 Å². The van der Waals surface area contributed by atoms with Gasteiger partial charge in [0.05, 0.1) is 16.9 Å². The molecule has 0 radical (unpaired) electrons. The van der Waals surface area contributed by atoms with Gasteiger partial charge in [0, 0.05) is 36.4 Å². The molecule has 0 heterocycles. The number of hydrogen-bond donors (Lipinski definition) is 1. The second-order valence-electron chi connectivity index (χ2n) is 4.05. The summed E-state index contributed by atoms with van der Waals surface area (Å²) in [6.45, 7) is 0.733.